The fourth-order valence-electron chi connectivity index (χ4n) is 2.45. The lowest BCUT2D eigenvalue weighted by Gasteiger charge is -2.19. The van der Waals surface area contributed by atoms with Crippen molar-refractivity contribution < 1.29 is 14.6 Å². The van der Waals surface area contributed by atoms with Gasteiger partial charge in [0, 0.05) is 11.5 Å². The van der Waals surface area contributed by atoms with Gasteiger partial charge >= 0.3 is 0 Å². The van der Waals surface area contributed by atoms with E-state index in [-0.39, 0.29) is 17.6 Å². The maximum absolute atomic E-state index is 11.8. The Bertz CT molecular complexity index is 716. The fourth-order valence-corrected chi connectivity index (χ4v) is 3.18. The molecule has 4 N–H and O–H groups in total. The van der Waals surface area contributed by atoms with Gasteiger partial charge in [-0.3, -0.25) is 14.3 Å². The Labute approximate surface area is 132 Å². The van der Waals surface area contributed by atoms with E-state index in [1.165, 1.54) is 13.4 Å². The lowest BCUT2D eigenvalue weighted by atomic mass is 10.1. The summed E-state index contributed by atoms with van der Waals surface area (Å²) in [6, 6.07) is 0. The zero-order valence-electron chi connectivity index (χ0n) is 11.1. The summed E-state index contributed by atoms with van der Waals surface area (Å²) in [5, 5.41) is 10.2. The first kappa shape index (κ1) is 14.7. The minimum atomic E-state index is -0.770. The molecule has 0 amide bonds. The highest BCUT2D eigenvalue weighted by Crippen LogP contribution is 2.33. The Morgan fingerprint density at radius 2 is 2.43 bits per heavy atom. The van der Waals surface area contributed by atoms with Crippen molar-refractivity contribution in [1.82, 2.24) is 19.5 Å². The van der Waals surface area contributed by atoms with E-state index < -0.39 is 24.0 Å². The van der Waals surface area contributed by atoms with Crippen molar-refractivity contribution in [2.45, 2.75) is 24.5 Å². The summed E-state index contributed by atoms with van der Waals surface area (Å²) in [5.74, 6) is -0.00722. The number of methoxy groups -OCH3 is 1. The first-order valence-corrected chi connectivity index (χ1v) is 7.74. The lowest BCUT2D eigenvalue weighted by molar-refractivity contribution is -0.0465. The van der Waals surface area contributed by atoms with Gasteiger partial charge in [0.2, 0.25) is 5.95 Å². The average molecular weight is 407 g/mol. The third kappa shape index (κ3) is 2.31. The molecule has 114 valence electrons. The van der Waals surface area contributed by atoms with E-state index in [0.29, 0.717) is 10.1 Å². The number of aromatic amines is 1. The number of nitrogen functional groups attached to an aromatic ring is 1. The molecular weight excluding hydrogens is 393 g/mol. The number of nitrogens with one attached hydrogen (secondary N) is 1. The van der Waals surface area contributed by atoms with Crippen molar-refractivity contribution in [2.24, 2.45) is 0 Å². The van der Waals surface area contributed by atoms with Crippen LogP contribution in [0.1, 0.15) is 6.23 Å². The molecule has 2 unspecified atom stereocenters. The first-order valence-electron chi connectivity index (χ1n) is 6.21. The molecule has 1 saturated heterocycles. The molecule has 0 saturated carbocycles. The second-order valence-electron chi connectivity index (χ2n) is 4.69. The van der Waals surface area contributed by atoms with Gasteiger partial charge in [0.15, 0.2) is 17.4 Å². The van der Waals surface area contributed by atoms with Crippen molar-refractivity contribution in [3.63, 3.8) is 0 Å². The van der Waals surface area contributed by atoms with Crippen LogP contribution in [0.25, 0.3) is 11.2 Å². The van der Waals surface area contributed by atoms with Crippen LogP contribution in [0.4, 0.5) is 5.95 Å². The fraction of sp³-hybridized carbons (Fsp3) is 0.545. The van der Waals surface area contributed by atoms with Crippen molar-refractivity contribution >= 4 is 39.7 Å². The zero-order valence-corrected chi connectivity index (χ0v) is 13.2. The molecule has 0 bridgehead atoms. The van der Waals surface area contributed by atoms with Crippen LogP contribution in [-0.4, -0.2) is 54.5 Å². The molecule has 1 fully saturated rings. The van der Waals surface area contributed by atoms with Crippen molar-refractivity contribution in [3.8, 4) is 0 Å². The molecule has 1 aliphatic rings. The van der Waals surface area contributed by atoms with Crippen LogP contribution < -0.4 is 11.3 Å². The second-order valence-corrected chi connectivity index (χ2v) is 5.57. The van der Waals surface area contributed by atoms with E-state index in [9.17, 15) is 9.90 Å². The molecule has 0 spiro atoms. The van der Waals surface area contributed by atoms with Crippen LogP contribution in [0.2, 0.25) is 0 Å². The number of aromatic nitrogens is 4. The monoisotopic (exact) mass is 407 g/mol. The number of aliphatic hydroxyl groups excluding tert-OH is 1. The van der Waals surface area contributed by atoms with Gasteiger partial charge < -0.3 is 20.3 Å². The van der Waals surface area contributed by atoms with E-state index in [2.05, 4.69) is 37.5 Å². The smallest absolute Gasteiger partial charge is 0.280 e. The van der Waals surface area contributed by atoms with Gasteiger partial charge in [0.25, 0.3) is 5.56 Å². The number of anilines is 1. The third-order valence-corrected chi connectivity index (χ3v) is 4.33. The molecule has 2 aromatic rings. The molecule has 3 heterocycles. The van der Waals surface area contributed by atoms with Gasteiger partial charge in [0.05, 0.1) is 12.4 Å². The number of nitrogens with two attached hydrogens (primary N) is 1. The summed E-state index contributed by atoms with van der Waals surface area (Å²) in [6.45, 7) is 0. The number of hydrogen-bond acceptors (Lipinski definition) is 7. The molecule has 9 nitrogen and oxygen atoms in total. The molecular formula is C11H14IN5O4. The number of H-pyrrole nitrogens is 1. The van der Waals surface area contributed by atoms with Gasteiger partial charge in [-0.1, -0.05) is 22.6 Å². The van der Waals surface area contributed by atoms with Crippen LogP contribution in [0.3, 0.4) is 0 Å². The number of imidazole rings is 1. The molecule has 2 aromatic heterocycles. The number of nitrogens with zero attached hydrogens (tertiary/aromatic N) is 3. The quantitative estimate of drug-likeness (QED) is 0.458. The van der Waals surface area contributed by atoms with Gasteiger partial charge in [-0.05, 0) is 0 Å². The molecule has 21 heavy (non-hydrogen) atoms. The zero-order chi connectivity index (χ0) is 15.1. The Morgan fingerprint density at radius 1 is 1.67 bits per heavy atom. The molecule has 0 radical (unpaired) electrons. The highest BCUT2D eigenvalue weighted by Gasteiger charge is 2.45. The predicted octanol–water partition coefficient (Wildman–Crippen LogP) is -0.590. The molecule has 10 heteroatoms. The normalized spacial score (nSPS) is 29.3. The van der Waals surface area contributed by atoms with Crippen LogP contribution in [0, 0.1) is 0 Å². The van der Waals surface area contributed by atoms with Crippen LogP contribution in [-0.2, 0) is 9.47 Å². The number of fused-ring (bicyclic) bond motifs is 1. The van der Waals surface area contributed by atoms with Gasteiger partial charge in [-0.15, -0.1) is 0 Å². The van der Waals surface area contributed by atoms with Gasteiger partial charge in [-0.25, -0.2) is 4.98 Å². The number of rotatable bonds is 3. The highest BCUT2D eigenvalue weighted by molar-refractivity contribution is 14.1. The predicted molar refractivity (Wildman–Crippen MR) is 82.2 cm³/mol. The summed E-state index contributed by atoms with van der Waals surface area (Å²) in [6.07, 6.45) is -0.898. The first-order chi connectivity index (χ1) is 10.1. The van der Waals surface area contributed by atoms with E-state index in [1.54, 1.807) is 4.57 Å². The summed E-state index contributed by atoms with van der Waals surface area (Å²) in [4.78, 5) is 22.3. The van der Waals surface area contributed by atoms with Crippen LogP contribution in [0.5, 0.6) is 0 Å². The number of aliphatic hydroxyl groups is 1. The minimum absolute atomic E-state index is 0.00722. The van der Waals surface area contributed by atoms with Crippen molar-refractivity contribution in [1.29, 1.82) is 0 Å². The van der Waals surface area contributed by atoms with E-state index in [4.69, 9.17) is 15.2 Å². The van der Waals surface area contributed by atoms with Crippen molar-refractivity contribution in [3.05, 3.63) is 16.7 Å². The number of alkyl halides is 1. The average Bonchev–Trinajstić information content (AvgIpc) is 2.99. The maximum Gasteiger partial charge on any atom is 0.280 e. The van der Waals surface area contributed by atoms with E-state index in [0.717, 1.165) is 0 Å². The topological polar surface area (TPSA) is 128 Å². The van der Waals surface area contributed by atoms with Crippen LogP contribution in [0.15, 0.2) is 11.1 Å². The molecule has 3 rings (SSSR count). The Balaban J connectivity index is 2.10. The Morgan fingerprint density at radius 3 is 3.10 bits per heavy atom. The largest absolute Gasteiger partial charge is 0.387 e. The van der Waals surface area contributed by atoms with Crippen LogP contribution >= 0.6 is 22.6 Å². The second kappa shape index (κ2) is 5.51. The SMILES string of the molecule is COC1C(O)[C@@H](CI)O[C@H]1n1cnc2c(=O)[nH]c(N)nc21. The summed E-state index contributed by atoms with van der Waals surface area (Å²) in [7, 11) is 1.49. The van der Waals surface area contributed by atoms with E-state index >= 15 is 0 Å². The lowest BCUT2D eigenvalue weighted by Crippen LogP contribution is -2.33. The van der Waals surface area contributed by atoms with Crippen molar-refractivity contribution in [2.75, 3.05) is 17.3 Å². The number of halogens is 1. The molecule has 0 aromatic carbocycles. The summed E-state index contributed by atoms with van der Waals surface area (Å²) >= 11 is 2.13. The molecule has 4 atom stereocenters. The minimum Gasteiger partial charge on any atom is -0.387 e. The summed E-state index contributed by atoms with van der Waals surface area (Å²) < 4.78 is 13.3. The highest BCUT2D eigenvalue weighted by atomic mass is 127. The molecule has 0 aliphatic carbocycles. The molecule has 1 aliphatic heterocycles. The Kier molecular flexibility index (Phi) is 3.86. The van der Waals surface area contributed by atoms with Gasteiger partial charge in [0.1, 0.15) is 12.2 Å². The van der Waals surface area contributed by atoms with Gasteiger partial charge in [-0.2, -0.15) is 4.98 Å². The van der Waals surface area contributed by atoms with E-state index in [1.807, 2.05) is 0 Å². The third-order valence-electron chi connectivity index (χ3n) is 3.46. The maximum atomic E-state index is 11.8. The number of ether oxygens (including phenoxy) is 2. The Hall–Kier alpha value is -1.24. The standard InChI is InChI=1S/C11H14IN5O4/c1-20-7-6(18)4(2-12)21-10(7)17-3-14-5-8(17)15-11(13)16-9(5)19/h3-4,6-7,10,18H,2H2,1H3,(H3,13,15,16,19)/t4-,6?,7?,10-/m1/s1. The summed E-state index contributed by atoms with van der Waals surface area (Å²) in [5.41, 5.74) is 5.60. The number of hydrogen-bond donors (Lipinski definition) is 3.